The van der Waals surface area contributed by atoms with Crippen molar-refractivity contribution in [3.8, 4) is 0 Å². The van der Waals surface area contributed by atoms with E-state index in [-0.39, 0.29) is 5.54 Å². The quantitative estimate of drug-likeness (QED) is 0.616. The van der Waals surface area contributed by atoms with E-state index in [1.165, 1.54) is 0 Å². The summed E-state index contributed by atoms with van der Waals surface area (Å²) in [5, 5.41) is 6.47. The van der Waals surface area contributed by atoms with Gasteiger partial charge in [0.1, 0.15) is 0 Å². The SMILES string of the molecule is C=C(CCCNC(C)(C)C)NC. The van der Waals surface area contributed by atoms with Gasteiger partial charge in [-0.15, -0.1) is 0 Å². The lowest BCUT2D eigenvalue weighted by molar-refractivity contribution is 0.421. The van der Waals surface area contributed by atoms with Crippen molar-refractivity contribution < 1.29 is 0 Å². The van der Waals surface area contributed by atoms with E-state index in [0.717, 1.165) is 25.1 Å². The molecular formula is C10H22N2. The van der Waals surface area contributed by atoms with Crippen molar-refractivity contribution in [2.75, 3.05) is 13.6 Å². The van der Waals surface area contributed by atoms with E-state index in [1.807, 2.05) is 7.05 Å². The van der Waals surface area contributed by atoms with E-state index in [4.69, 9.17) is 0 Å². The molecule has 0 aromatic rings. The van der Waals surface area contributed by atoms with E-state index in [9.17, 15) is 0 Å². The normalized spacial score (nSPS) is 11.3. The Morgan fingerprint density at radius 2 is 1.92 bits per heavy atom. The Balaban J connectivity index is 3.28. The maximum atomic E-state index is 3.87. The fraction of sp³-hybridized carbons (Fsp3) is 0.800. The van der Waals surface area contributed by atoms with Crippen LogP contribution >= 0.6 is 0 Å². The Labute approximate surface area is 76.4 Å². The molecule has 0 aliphatic carbocycles. The molecule has 2 heteroatoms. The molecule has 0 saturated carbocycles. The lowest BCUT2D eigenvalue weighted by Gasteiger charge is -2.20. The first-order valence-corrected chi connectivity index (χ1v) is 4.56. The molecule has 0 rings (SSSR count). The standard InChI is InChI=1S/C10H22N2/c1-9(11-5)7-6-8-12-10(2,3)4/h11-12H,1,6-8H2,2-5H3. The Morgan fingerprint density at radius 3 is 2.33 bits per heavy atom. The van der Waals surface area contributed by atoms with Crippen LogP contribution in [0.4, 0.5) is 0 Å². The van der Waals surface area contributed by atoms with Gasteiger partial charge >= 0.3 is 0 Å². The first-order chi connectivity index (χ1) is 5.45. The molecule has 12 heavy (non-hydrogen) atoms. The number of nitrogens with one attached hydrogen (secondary N) is 2. The van der Waals surface area contributed by atoms with Gasteiger partial charge in [-0.1, -0.05) is 6.58 Å². The fourth-order valence-corrected chi connectivity index (χ4v) is 0.890. The smallest absolute Gasteiger partial charge is 0.00965 e. The maximum Gasteiger partial charge on any atom is 0.00965 e. The minimum atomic E-state index is 0.237. The Morgan fingerprint density at radius 1 is 1.33 bits per heavy atom. The Kier molecular flexibility index (Phi) is 4.98. The third-order valence-electron chi connectivity index (χ3n) is 1.66. The van der Waals surface area contributed by atoms with Crippen molar-refractivity contribution in [1.29, 1.82) is 0 Å². The average molecular weight is 170 g/mol. The van der Waals surface area contributed by atoms with Crippen LogP contribution in [0.5, 0.6) is 0 Å². The third kappa shape index (κ3) is 7.61. The zero-order valence-electron chi connectivity index (χ0n) is 8.83. The van der Waals surface area contributed by atoms with Crippen molar-refractivity contribution in [2.24, 2.45) is 0 Å². The molecule has 0 aliphatic heterocycles. The highest BCUT2D eigenvalue weighted by atomic mass is 14.9. The molecule has 0 bridgehead atoms. The third-order valence-corrected chi connectivity index (χ3v) is 1.66. The second kappa shape index (κ2) is 5.20. The van der Waals surface area contributed by atoms with Gasteiger partial charge in [0, 0.05) is 18.3 Å². The van der Waals surface area contributed by atoms with Gasteiger partial charge < -0.3 is 10.6 Å². The summed E-state index contributed by atoms with van der Waals surface area (Å²) in [5.74, 6) is 0. The van der Waals surface area contributed by atoms with Crippen molar-refractivity contribution in [3.63, 3.8) is 0 Å². The van der Waals surface area contributed by atoms with Gasteiger partial charge in [-0.2, -0.15) is 0 Å². The molecule has 0 unspecified atom stereocenters. The topological polar surface area (TPSA) is 24.1 Å². The van der Waals surface area contributed by atoms with Gasteiger partial charge in [0.25, 0.3) is 0 Å². The zero-order valence-corrected chi connectivity index (χ0v) is 8.83. The number of rotatable bonds is 5. The summed E-state index contributed by atoms with van der Waals surface area (Å²) in [6.45, 7) is 11.5. The molecular weight excluding hydrogens is 148 g/mol. The molecule has 0 aromatic carbocycles. The van der Waals surface area contributed by atoms with E-state index >= 15 is 0 Å². The predicted octanol–water partition coefficient (Wildman–Crippen LogP) is 1.89. The van der Waals surface area contributed by atoms with Crippen molar-refractivity contribution in [1.82, 2.24) is 10.6 Å². The predicted molar refractivity (Wildman–Crippen MR) is 55.2 cm³/mol. The summed E-state index contributed by atoms with van der Waals surface area (Å²) < 4.78 is 0. The molecule has 72 valence electrons. The molecule has 0 radical (unpaired) electrons. The van der Waals surface area contributed by atoms with Gasteiger partial charge in [-0.05, 0) is 40.2 Å². The van der Waals surface area contributed by atoms with E-state index in [2.05, 4.69) is 38.0 Å². The van der Waals surface area contributed by atoms with Crippen LogP contribution in [-0.4, -0.2) is 19.1 Å². The van der Waals surface area contributed by atoms with Crippen LogP contribution in [0.25, 0.3) is 0 Å². The van der Waals surface area contributed by atoms with Gasteiger partial charge in [-0.25, -0.2) is 0 Å². The molecule has 2 nitrogen and oxygen atoms in total. The van der Waals surface area contributed by atoms with Gasteiger partial charge in [0.15, 0.2) is 0 Å². The van der Waals surface area contributed by atoms with E-state index in [0.29, 0.717) is 0 Å². The molecule has 0 atom stereocenters. The lowest BCUT2D eigenvalue weighted by atomic mass is 10.1. The second-order valence-corrected chi connectivity index (χ2v) is 4.13. The summed E-state index contributed by atoms with van der Waals surface area (Å²) in [6, 6.07) is 0. The lowest BCUT2D eigenvalue weighted by Crippen LogP contribution is -2.36. The van der Waals surface area contributed by atoms with Crippen LogP contribution in [-0.2, 0) is 0 Å². The Hall–Kier alpha value is -0.500. The van der Waals surface area contributed by atoms with E-state index < -0.39 is 0 Å². The highest BCUT2D eigenvalue weighted by Crippen LogP contribution is 2.01. The first kappa shape index (κ1) is 11.5. The highest BCUT2D eigenvalue weighted by molar-refractivity contribution is 4.89. The summed E-state index contributed by atoms with van der Waals surface area (Å²) in [5.41, 5.74) is 1.35. The van der Waals surface area contributed by atoms with Crippen LogP contribution in [0.1, 0.15) is 33.6 Å². The number of hydrogen-bond donors (Lipinski definition) is 2. The molecule has 0 fully saturated rings. The number of hydrogen-bond acceptors (Lipinski definition) is 2. The molecule has 0 heterocycles. The minimum Gasteiger partial charge on any atom is -0.392 e. The second-order valence-electron chi connectivity index (χ2n) is 4.13. The molecule has 0 aromatic heterocycles. The highest BCUT2D eigenvalue weighted by Gasteiger charge is 2.06. The molecule has 0 aliphatic rings. The maximum absolute atomic E-state index is 3.87. The summed E-state index contributed by atoms with van der Waals surface area (Å²) >= 11 is 0. The van der Waals surface area contributed by atoms with Crippen LogP contribution in [0, 0.1) is 0 Å². The van der Waals surface area contributed by atoms with Crippen LogP contribution < -0.4 is 10.6 Å². The summed E-state index contributed by atoms with van der Waals surface area (Å²) in [4.78, 5) is 0. The van der Waals surface area contributed by atoms with E-state index in [1.54, 1.807) is 0 Å². The van der Waals surface area contributed by atoms with Crippen molar-refractivity contribution >= 4 is 0 Å². The summed E-state index contributed by atoms with van der Waals surface area (Å²) in [6.07, 6.45) is 2.20. The van der Waals surface area contributed by atoms with Crippen molar-refractivity contribution in [3.05, 3.63) is 12.3 Å². The van der Waals surface area contributed by atoms with Crippen LogP contribution in [0.2, 0.25) is 0 Å². The fourth-order valence-electron chi connectivity index (χ4n) is 0.890. The molecule has 0 spiro atoms. The van der Waals surface area contributed by atoms with Crippen LogP contribution in [0.3, 0.4) is 0 Å². The van der Waals surface area contributed by atoms with Crippen molar-refractivity contribution in [2.45, 2.75) is 39.2 Å². The minimum absolute atomic E-state index is 0.237. The molecule has 0 saturated heterocycles. The molecule has 2 N–H and O–H groups in total. The average Bonchev–Trinajstić information content (AvgIpc) is 1.96. The largest absolute Gasteiger partial charge is 0.392 e. The van der Waals surface area contributed by atoms with Gasteiger partial charge in [0.2, 0.25) is 0 Å². The summed E-state index contributed by atoms with van der Waals surface area (Å²) in [7, 11) is 1.92. The first-order valence-electron chi connectivity index (χ1n) is 4.56. The number of allylic oxidation sites excluding steroid dienone is 1. The molecule has 0 amide bonds. The monoisotopic (exact) mass is 170 g/mol. The van der Waals surface area contributed by atoms with Crippen LogP contribution in [0.15, 0.2) is 12.3 Å². The zero-order chi connectivity index (χ0) is 9.61. The Bertz CT molecular complexity index is 133. The van der Waals surface area contributed by atoms with Gasteiger partial charge in [0.05, 0.1) is 0 Å². The van der Waals surface area contributed by atoms with Gasteiger partial charge in [-0.3, -0.25) is 0 Å².